The fourth-order valence-electron chi connectivity index (χ4n) is 4.21. The molecule has 0 aliphatic carbocycles. The summed E-state index contributed by atoms with van der Waals surface area (Å²) in [6.07, 6.45) is 0.126. The number of nitro groups is 1. The maximum Gasteiger partial charge on any atom is 0.269 e. The van der Waals surface area contributed by atoms with Crippen molar-refractivity contribution < 1.29 is 19.2 Å². The van der Waals surface area contributed by atoms with Gasteiger partial charge in [0.15, 0.2) is 0 Å². The number of benzene rings is 4. The van der Waals surface area contributed by atoms with Gasteiger partial charge in [0.05, 0.1) is 23.6 Å². The third-order valence-corrected chi connectivity index (χ3v) is 6.11. The van der Waals surface area contributed by atoms with E-state index in [0.29, 0.717) is 17.0 Å². The van der Waals surface area contributed by atoms with Crippen LogP contribution in [-0.4, -0.2) is 29.9 Å². The van der Waals surface area contributed by atoms with Crippen LogP contribution in [0.5, 0.6) is 5.75 Å². The van der Waals surface area contributed by atoms with Crippen molar-refractivity contribution in [3.63, 3.8) is 0 Å². The summed E-state index contributed by atoms with van der Waals surface area (Å²) in [6.45, 7) is 0. The van der Waals surface area contributed by atoms with Gasteiger partial charge in [0.25, 0.3) is 5.69 Å². The summed E-state index contributed by atoms with van der Waals surface area (Å²) in [5.41, 5.74) is 2.64. The van der Waals surface area contributed by atoms with Crippen LogP contribution in [0, 0.1) is 10.1 Å². The van der Waals surface area contributed by atoms with Crippen molar-refractivity contribution in [1.29, 1.82) is 0 Å². The highest BCUT2D eigenvalue weighted by molar-refractivity contribution is 5.99. The number of carbonyl (C=O) groups is 2. The van der Waals surface area contributed by atoms with Crippen LogP contribution in [0.4, 0.5) is 11.4 Å². The summed E-state index contributed by atoms with van der Waals surface area (Å²) in [5.74, 6) is -0.950. The molecule has 4 rings (SSSR count). The number of anilines is 1. The van der Waals surface area contributed by atoms with Crippen LogP contribution in [0.3, 0.4) is 0 Å². The van der Waals surface area contributed by atoms with Crippen molar-refractivity contribution in [1.82, 2.24) is 5.32 Å². The number of carbonyl (C=O) groups excluding carboxylic acids is 2. The Hall–Kier alpha value is -4.98. The Morgan fingerprint density at radius 1 is 0.789 bits per heavy atom. The van der Waals surface area contributed by atoms with Gasteiger partial charge in [-0.25, -0.2) is 0 Å². The first-order valence-electron chi connectivity index (χ1n) is 12.0. The molecular formula is C30H27N3O5. The van der Waals surface area contributed by atoms with Gasteiger partial charge in [-0.1, -0.05) is 84.9 Å². The minimum absolute atomic E-state index is 0.0546. The molecule has 0 aliphatic rings. The number of nitro benzene ring substituents is 1. The summed E-state index contributed by atoms with van der Waals surface area (Å²) in [5, 5.41) is 16.8. The van der Waals surface area contributed by atoms with E-state index >= 15 is 0 Å². The van der Waals surface area contributed by atoms with E-state index in [1.165, 1.54) is 19.2 Å². The van der Waals surface area contributed by atoms with Crippen LogP contribution < -0.4 is 15.4 Å². The zero-order valence-corrected chi connectivity index (χ0v) is 20.7. The monoisotopic (exact) mass is 509 g/mol. The van der Waals surface area contributed by atoms with Crippen LogP contribution in [0.15, 0.2) is 109 Å². The normalized spacial score (nSPS) is 11.4. The smallest absolute Gasteiger partial charge is 0.269 e. The second-order valence-corrected chi connectivity index (χ2v) is 8.63. The van der Waals surface area contributed by atoms with E-state index < -0.39 is 22.8 Å². The molecule has 0 heterocycles. The molecule has 0 aliphatic heterocycles. The number of nitrogens with one attached hydrogen (secondary N) is 2. The molecule has 0 bridgehead atoms. The molecule has 0 fully saturated rings. The molecule has 1 atom stereocenters. The number of rotatable bonds is 10. The molecule has 0 unspecified atom stereocenters. The van der Waals surface area contributed by atoms with Crippen LogP contribution in [0.1, 0.15) is 22.6 Å². The third kappa shape index (κ3) is 6.41. The van der Waals surface area contributed by atoms with Gasteiger partial charge in [-0.2, -0.15) is 0 Å². The SMILES string of the molecule is COc1ccccc1NC(=O)[C@H](Cc1ccc([N+](=O)[O-])cc1)NC(=O)C(c1ccccc1)c1ccccc1. The molecule has 0 spiro atoms. The van der Waals surface area contributed by atoms with Crippen molar-refractivity contribution >= 4 is 23.2 Å². The van der Waals surface area contributed by atoms with E-state index in [2.05, 4.69) is 10.6 Å². The molecule has 4 aromatic carbocycles. The van der Waals surface area contributed by atoms with E-state index in [9.17, 15) is 19.7 Å². The van der Waals surface area contributed by atoms with Crippen molar-refractivity contribution in [2.24, 2.45) is 0 Å². The lowest BCUT2D eigenvalue weighted by Crippen LogP contribution is -2.47. The molecule has 0 saturated heterocycles. The average molecular weight is 510 g/mol. The molecule has 2 amide bonds. The van der Waals surface area contributed by atoms with E-state index in [0.717, 1.165) is 11.1 Å². The number of non-ortho nitro benzene ring substituents is 1. The number of hydrogen-bond donors (Lipinski definition) is 2. The number of amides is 2. The minimum Gasteiger partial charge on any atom is -0.495 e. The van der Waals surface area contributed by atoms with Crippen molar-refractivity contribution in [3.8, 4) is 5.75 Å². The molecule has 38 heavy (non-hydrogen) atoms. The Bertz CT molecular complexity index is 1350. The van der Waals surface area contributed by atoms with Gasteiger partial charge < -0.3 is 15.4 Å². The summed E-state index contributed by atoms with van der Waals surface area (Å²) >= 11 is 0. The first-order valence-corrected chi connectivity index (χ1v) is 12.0. The fraction of sp³-hybridized carbons (Fsp3) is 0.133. The highest BCUT2D eigenvalue weighted by Crippen LogP contribution is 2.26. The van der Waals surface area contributed by atoms with E-state index in [4.69, 9.17) is 4.74 Å². The van der Waals surface area contributed by atoms with Gasteiger partial charge in [0, 0.05) is 18.6 Å². The summed E-state index contributed by atoms with van der Waals surface area (Å²) < 4.78 is 5.35. The highest BCUT2D eigenvalue weighted by atomic mass is 16.6. The van der Waals surface area contributed by atoms with Crippen molar-refractivity contribution in [2.75, 3.05) is 12.4 Å². The quantitative estimate of drug-likeness (QED) is 0.228. The van der Waals surface area contributed by atoms with E-state index in [-0.39, 0.29) is 18.0 Å². The van der Waals surface area contributed by atoms with Crippen LogP contribution in [-0.2, 0) is 16.0 Å². The second-order valence-electron chi connectivity index (χ2n) is 8.63. The molecule has 4 aromatic rings. The Morgan fingerprint density at radius 2 is 1.34 bits per heavy atom. The number of para-hydroxylation sites is 2. The standard InChI is InChI=1S/C30H27N3O5/c1-38-27-15-9-8-14-25(27)31-29(34)26(20-21-16-18-24(19-17-21)33(36)37)32-30(35)28(22-10-4-2-5-11-22)23-12-6-3-7-13-23/h2-19,26,28H,20H2,1H3,(H,31,34)(H,32,35)/t26-/m0/s1. The van der Waals surface area contributed by atoms with Crippen LogP contribution in [0.25, 0.3) is 0 Å². The van der Waals surface area contributed by atoms with Crippen LogP contribution in [0.2, 0.25) is 0 Å². The first kappa shape index (κ1) is 26.1. The van der Waals surface area contributed by atoms with Gasteiger partial charge in [0.1, 0.15) is 11.8 Å². The number of nitrogens with zero attached hydrogens (tertiary/aromatic N) is 1. The number of methoxy groups -OCH3 is 1. The predicted molar refractivity (Wildman–Crippen MR) is 145 cm³/mol. The minimum atomic E-state index is -0.969. The molecule has 0 aromatic heterocycles. The van der Waals surface area contributed by atoms with Gasteiger partial charge >= 0.3 is 0 Å². The molecule has 0 radical (unpaired) electrons. The fourth-order valence-corrected chi connectivity index (χ4v) is 4.21. The highest BCUT2D eigenvalue weighted by Gasteiger charge is 2.28. The Kier molecular flexibility index (Phi) is 8.46. The van der Waals surface area contributed by atoms with Crippen molar-refractivity contribution in [3.05, 3.63) is 136 Å². The average Bonchev–Trinajstić information content (AvgIpc) is 2.94. The first-order chi connectivity index (χ1) is 18.5. The lowest BCUT2D eigenvalue weighted by Gasteiger charge is -2.23. The molecule has 2 N–H and O–H groups in total. The second kappa shape index (κ2) is 12.3. The lowest BCUT2D eigenvalue weighted by molar-refractivity contribution is -0.384. The van der Waals surface area contributed by atoms with Gasteiger partial charge in [-0.15, -0.1) is 0 Å². The molecule has 8 nitrogen and oxygen atoms in total. The molecular weight excluding hydrogens is 482 g/mol. The molecule has 8 heteroatoms. The summed E-state index contributed by atoms with van der Waals surface area (Å²) in [7, 11) is 1.51. The van der Waals surface area contributed by atoms with Crippen molar-refractivity contribution in [2.45, 2.75) is 18.4 Å². The Balaban J connectivity index is 1.64. The topological polar surface area (TPSA) is 111 Å². The third-order valence-electron chi connectivity index (χ3n) is 6.11. The van der Waals surface area contributed by atoms with Crippen LogP contribution >= 0.6 is 0 Å². The summed E-state index contributed by atoms with van der Waals surface area (Å²) in [6, 6.07) is 30.6. The number of ether oxygens (including phenoxy) is 1. The number of hydrogen-bond acceptors (Lipinski definition) is 5. The largest absolute Gasteiger partial charge is 0.495 e. The zero-order valence-electron chi connectivity index (χ0n) is 20.7. The van der Waals surface area contributed by atoms with Gasteiger partial charge in [0.2, 0.25) is 11.8 Å². The van der Waals surface area contributed by atoms with Gasteiger partial charge in [-0.3, -0.25) is 19.7 Å². The van der Waals surface area contributed by atoms with Gasteiger partial charge in [-0.05, 0) is 28.8 Å². The summed E-state index contributed by atoms with van der Waals surface area (Å²) in [4.78, 5) is 37.8. The van der Waals surface area contributed by atoms with E-state index in [1.807, 2.05) is 60.7 Å². The predicted octanol–water partition coefficient (Wildman–Crippen LogP) is 5.10. The maximum atomic E-state index is 13.8. The maximum absolute atomic E-state index is 13.8. The lowest BCUT2D eigenvalue weighted by atomic mass is 9.90. The zero-order chi connectivity index (χ0) is 26.9. The molecule has 0 saturated carbocycles. The Labute approximate surface area is 220 Å². The Morgan fingerprint density at radius 3 is 1.89 bits per heavy atom. The van der Waals surface area contributed by atoms with E-state index in [1.54, 1.807) is 36.4 Å². The molecule has 192 valence electrons.